The maximum absolute atomic E-state index is 12.5. The van der Waals surface area contributed by atoms with Crippen LogP contribution in [0, 0.1) is 5.92 Å². The molecule has 2 aromatic heterocycles. The van der Waals surface area contributed by atoms with E-state index in [-0.39, 0.29) is 6.54 Å². The molecule has 1 aliphatic heterocycles. The summed E-state index contributed by atoms with van der Waals surface area (Å²) in [6, 6.07) is 0. The molecule has 10 heteroatoms. The van der Waals surface area contributed by atoms with Crippen molar-refractivity contribution in [3.63, 3.8) is 0 Å². The maximum atomic E-state index is 12.5. The minimum atomic E-state index is -0.766. The third-order valence-electron chi connectivity index (χ3n) is 5.60. The number of aromatic nitrogens is 4. The zero-order valence-electron chi connectivity index (χ0n) is 16.2. The number of hydrogen-bond acceptors (Lipinski definition) is 7. The fourth-order valence-electron chi connectivity index (χ4n) is 4.04. The van der Waals surface area contributed by atoms with Crippen molar-refractivity contribution in [2.45, 2.75) is 44.8 Å². The molecule has 0 saturated heterocycles. The molecule has 1 saturated carbocycles. The predicted molar refractivity (Wildman–Crippen MR) is 103 cm³/mol. The lowest BCUT2D eigenvalue weighted by molar-refractivity contribution is 0.0744. The molecule has 1 atom stereocenters. The first kappa shape index (κ1) is 18.7. The molecule has 152 valence electrons. The fourth-order valence-corrected chi connectivity index (χ4v) is 4.04. The van der Waals surface area contributed by atoms with Crippen molar-refractivity contribution in [3.05, 3.63) is 27.2 Å². The predicted octanol–water partition coefficient (Wildman–Crippen LogP) is -0.0219. The van der Waals surface area contributed by atoms with E-state index >= 15 is 0 Å². The molecule has 10 nitrogen and oxygen atoms in total. The number of aryl methyl sites for hydroxylation is 1. The Kier molecular flexibility index (Phi) is 4.96. The van der Waals surface area contributed by atoms with Crippen LogP contribution in [-0.4, -0.2) is 54.1 Å². The summed E-state index contributed by atoms with van der Waals surface area (Å²) >= 11 is 0. The second-order valence-electron chi connectivity index (χ2n) is 7.66. The minimum absolute atomic E-state index is 0.175. The lowest BCUT2D eigenvalue weighted by Gasteiger charge is -2.19. The standard InChI is InChI=1S/C18H26N6O4/c1-21-15-14(17(26)22(2)18(21)27)23(10-19-15)8-13(25)9-24-11-28-16(20-24)12-6-4-3-5-7-12/h10,12-13,25H,3-9,11H2,1-2H3. The van der Waals surface area contributed by atoms with Gasteiger partial charge in [-0.05, 0) is 12.8 Å². The SMILES string of the molecule is Cn1c(=O)c2c(ncn2CC(O)CN2COC(C3CCCCC3)=N2)n(C)c1=O. The Morgan fingerprint density at radius 3 is 2.68 bits per heavy atom. The van der Waals surface area contributed by atoms with Gasteiger partial charge in [-0.25, -0.2) is 9.78 Å². The molecular weight excluding hydrogens is 364 g/mol. The summed E-state index contributed by atoms with van der Waals surface area (Å²) in [4.78, 5) is 28.7. The van der Waals surface area contributed by atoms with Crippen molar-refractivity contribution >= 4 is 17.1 Å². The summed E-state index contributed by atoms with van der Waals surface area (Å²) in [5.41, 5.74) is -0.248. The highest BCUT2D eigenvalue weighted by molar-refractivity contribution is 5.79. The summed E-state index contributed by atoms with van der Waals surface area (Å²) in [7, 11) is 3.00. The van der Waals surface area contributed by atoms with Crippen molar-refractivity contribution in [2.24, 2.45) is 25.1 Å². The number of aliphatic hydroxyl groups excluding tert-OH is 1. The zero-order valence-corrected chi connectivity index (χ0v) is 16.2. The van der Waals surface area contributed by atoms with E-state index in [0.717, 1.165) is 23.3 Å². The lowest BCUT2D eigenvalue weighted by atomic mass is 9.89. The number of hydrazone groups is 1. The number of β-amino-alcohol motifs (C(OH)–C–C–N with tert-alkyl or cyclic N) is 1. The van der Waals surface area contributed by atoms with E-state index in [9.17, 15) is 14.7 Å². The molecule has 4 rings (SSSR count). The molecule has 1 unspecified atom stereocenters. The fraction of sp³-hybridized carbons (Fsp3) is 0.667. The topological polar surface area (TPSA) is 107 Å². The Hall–Kier alpha value is -2.62. The van der Waals surface area contributed by atoms with Crippen LogP contribution in [0.1, 0.15) is 32.1 Å². The lowest BCUT2D eigenvalue weighted by Crippen LogP contribution is -2.38. The van der Waals surface area contributed by atoms with Gasteiger partial charge in [0.2, 0.25) is 5.90 Å². The van der Waals surface area contributed by atoms with Gasteiger partial charge in [0.05, 0.1) is 25.5 Å². The molecule has 0 aromatic carbocycles. The van der Waals surface area contributed by atoms with Crippen LogP contribution >= 0.6 is 0 Å². The van der Waals surface area contributed by atoms with E-state index < -0.39 is 17.4 Å². The van der Waals surface area contributed by atoms with Gasteiger partial charge in [0, 0.05) is 20.0 Å². The van der Waals surface area contributed by atoms with Crippen LogP contribution in [0.3, 0.4) is 0 Å². The van der Waals surface area contributed by atoms with Gasteiger partial charge in [0.1, 0.15) is 0 Å². The van der Waals surface area contributed by atoms with Crippen LogP contribution in [0.5, 0.6) is 0 Å². The highest BCUT2D eigenvalue weighted by atomic mass is 16.5. The summed E-state index contributed by atoms with van der Waals surface area (Å²) in [5, 5.41) is 16.8. The van der Waals surface area contributed by atoms with Crippen LogP contribution in [0.15, 0.2) is 21.0 Å². The Morgan fingerprint density at radius 1 is 1.18 bits per heavy atom. The van der Waals surface area contributed by atoms with E-state index in [0.29, 0.717) is 30.4 Å². The van der Waals surface area contributed by atoms with Crippen LogP contribution in [-0.2, 0) is 25.4 Å². The first-order chi connectivity index (χ1) is 13.5. The Balaban J connectivity index is 1.47. The van der Waals surface area contributed by atoms with Crippen molar-refractivity contribution in [1.29, 1.82) is 0 Å². The molecular formula is C18H26N6O4. The van der Waals surface area contributed by atoms with Gasteiger partial charge in [-0.1, -0.05) is 19.3 Å². The Bertz CT molecular complexity index is 1010. The molecule has 0 radical (unpaired) electrons. The van der Waals surface area contributed by atoms with Crippen molar-refractivity contribution in [2.75, 3.05) is 13.3 Å². The molecule has 0 spiro atoms. The number of ether oxygens (including phenoxy) is 1. The van der Waals surface area contributed by atoms with E-state index in [1.54, 1.807) is 16.6 Å². The van der Waals surface area contributed by atoms with Gasteiger partial charge in [-0.3, -0.25) is 18.9 Å². The molecule has 0 bridgehead atoms. The second kappa shape index (κ2) is 7.42. The summed E-state index contributed by atoms with van der Waals surface area (Å²) < 4.78 is 9.69. The van der Waals surface area contributed by atoms with Gasteiger partial charge >= 0.3 is 5.69 Å². The molecule has 2 aromatic rings. The molecule has 1 N–H and O–H groups in total. The van der Waals surface area contributed by atoms with Crippen LogP contribution in [0.4, 0.5) is 0 Å². The third-order valence-corrected chi connectivity index (χ3v) is 5.60. The summed E-state index contributed by atoms with van der Waals surface area (Å²) in [5.74, 6) is 1.17. The normalized spacial score (nSPS) is 19.1. The van der Waals surface area contributed by atoms with E-state index in [4.69, 9.17) is 4.74 Å². The van der Waals surface area contributed by atoms with Crippen molar-refractivity contribution < 1.29 is 9.84 Å². The summed E-state index contributed by atoms with van der Waals surface area (Å²) in [6.45, 7) is 0.806. The molecule has 3 heterocycles. The van der Waals surface area contributed by atoms with Gasteiger partial charge in [-0.15, -0.1) is 5.10 Å². The number of rotatable bonds is 5. The number of aliphatic hydroxyl groups is 1. The first-order valence-electron chi connectivity index (χ1n) is 9.71. The van der Waals surface area contributed by atoms with Crippen molar-refractivity contribution in [1.82, 2.24) is 23.7 Å². The average molecular weight is 390 g/mol. The highest BCUT2D eigenvalue weighted by Crippen LogP contribution is 2.27. The van der Waals surface area contributed by atoms with E-state index in [2.05, 4.69) is 10.1 Å². The van der Waals surface area contributed by atoms with E-state index in [1.165, 1.54) is 37.2 Å². The maximum Gasteiger partial charge on any atom is 0.332 e. The van der Waals surface area contributed by atoms with E-state index in [1.807, 2.05) is 0 Å². The molecule has 28 heavy (non-hydrogen) atoms. The average Bonchev–Trinajstić information content (AvgIpc) is 3.33. The van der Waals surface area contributed by atoms with Crippen LogP contribution in [0.2, 0.25) is 0 Å². The number of imidazole rings is 1. The van der Waals surface area contributed by atoms with Gasteiger partial charge < -0.3 is 14.4 Å². The minimum Gasteiger partial charge on any atom is -0.457 e. The summed E-state index contributed by atoms with van der Waals surface area (Å²) in [6.07, 6.45) is 6.62. The first-order valence-corrected chi connectivity index (χ1v) is 9.71. The molecule has 0 amide bonds. The van der Waals surface area contributed by atoms with Crippen molar-refractivity contribution in [3.8, 4) is 0 Å². The largest absolute Gasteiger partial charge is 0.457 e. The zero-order chi connectivity index (χ0) is 19.8. The third kappa shape index (κ3) is 3.32. The van der Waals surface area contributed by atoms with Crippen LogP contribution in [0.25, 0.3) is 11.2 Å². The highest BCUT2D eigenvalue weighted by Gasteiger charge is 2.27. The monoisotopic (exact) mass is 390 g/mol. The Labute approximate surface area is 161 Å². The van der Waals surface area contributed by atoms with Gasteiger partial charge in [0.15, 0.2) is 17.9 Å². The smallest absolute Gasteiger partial charge is 0.332 e. The quantitative estimate of drug-likeness (QED) is 0.769. The molecule has 1 aliphatic carbocycles. The number of hydrogen-bond donors (Lipinski definition) is 1. The number of fused-ring (bicyclic) bond motifs is 1. The molecule has 1 fully saturated rings. The molecule has 2 aliphatic rings. The second-order valence-corrected chi connectivity index (χ2v) is 7.66. The van der Waals surface area contributed by atoms with Gasteiger partial charge in [0.25, 0.3) is 5.56 Å². The Morgan fingerprint density at radius 2 is 1.93 bits per heavy atom. The van der Waals surface area contributed by atoms with Crippen LogP contribution < -0.4 is 11.2 Å². The van der Waals surface area contributed by atoms with Gasteiger partial charge in [-0.2, -0.15) is 0 Å². The number of nitrogens with zero attached hydrogens (tertiary/aromatic N) is 6.